The highest BCUT2D eigenvalue weighted by atomic mass is 28.3. The third-order valence-corrected chi connectivity index (χ3v) is 8.66. The smallest absolute Gasteiger partial charge is 0.361 e. The molecule has 1 aromatic carbocycles. The lowest BCUT2D eigenvalue weighted by atomic mass is 9.83. The van der Waals surface area contributed by atoms with Crippen molar-refractivity contribution in [2.75, 3.05) is 6.61 Å². The lowest BCUT2D eigenvalue weighted by molar-refractivity contribution is -0.141. The van der Waals surface area contributed by atoms with Crippen LogP contribution in [0, 0.1) is 0 Å². The topological polar surface area (TPSA) is 57.0 Å². The Kier molecular flexibility index (Phi) is 8.91. The normalized spacial score (nSPS) is 16.3. The predicted molar refractivity (Wildman–Crippen MR) is 150 cm³/mol. The quantitative estimate of drug-likeness (QED) is 0.190. The highest BCUT2D eigenvalue weighted by Gasteiger charge is 2.35. The molecule has 208 valence electrons. The van der Waals surface area contributed by atoms with Gasteiger partial charge in [-0.3, -0.25) is 9.78 Å². The summed E-state index contributed by atoms with van der Waals surface area (Å²) in [6.07, 6.45) is 3.46. The summed E-state index contributed by atoms with van der Waals surface area (Å²) in [5.41, 5.74) is 3.84. The maximum Gasteiger partial charge on any atom is 0.434 e. The van der Waals surface area contributed by atoms with Crippen molar-refractivity contribution in [3.8, 4) is 11.4 Å². The van der Waals surface area contributed by atoms with E-state index < -0.39 is 19.9 Å². The van der Waals surface area contributed by atoms with Gasteiger partial charge in [0.2, 0.25) is 0 Å². The number of hydrogen-bond donors (Lipinski definition) is 0. The van der Waals surface area contributed by atoms with Crippen molar-refractivity contribution in [3.63, 3.8) is 0 Å². The van der Waals surface area contributed by atoms with Gasteiger partial charge in [0.25, 0.3) is 0 Å². The molecule has 0 aliphatic heterocycles. The average molecular weight is 556 g/mol. The molecule has 4 rings (SSSR count). The molecule has 2 aromatic heterocycles. The molecule has 1 unspecified atom stereocenters. The van der Waals surface area contributed by atoms with E-state index in [-0.39, 0.29) is 18.3 Å². The Morgan fingerprint density at radius 1 is 1.13 bits per heavy atom. The zero-order valence-corrected chi connectivity index (χ0v) is 24.0. The van der Waals surface area contributed by atoms with Gasteiger partial charge in [0.05, 0.1) is 5.69 Å². The van der Waals surface area contributed by atoms with Crippen LogP contribution in [0.4, 0.5) is 13.2 Å². The molecule has 5 nitrogen and oxygen atoms in total. The maximum absolute atomic E-state index is 13.4. The number of carbonyl (C=O) groups is 1. The summed E-state index contributed by atoms with van der Waals surface area (Å²) in [6.45, 7) is 8.79. The predicted octanol–water partition coefficient (Wildman–Crippen LogP) is 7.76. The monoisotopic (exact) mass is 555 g/mol. The number of halogens is 3. The van der Waals surface area contributed by atoms with E-state index >= 15 is 0 Å². The summed E-state index contributed by atoms with van der Waals surface area (Å²) in [7, 11) is -1.31. The third kappa shape index (κ3) is 7.98. The number of ketones is 1. The van der Waals surface area contributed by atoms with Crippen LogP contribution in [0.15, 0.2) is 54.9 Å². The first-order valence-corrected chi connectivity index (χ1v) is 17.1. The summed E-state index contributed by atoms with van der Waals surface area (Å²) < 4.78 is 47.4. The molecule has 0 bridgehead atoms. The maximum atomic E-state index is 13.4. The van der Waals surface area contributed by atoms with Gasteiger partial charge in [-0.15, -0.1) is 0 Å². The molecule has 0 saturated carbocycles. The summed E-state index contributed by atoms with van der Waals surface area (Å²) in [6, 6.07) is 12.9. The first kappa shape index (κ1) is 29.0. The Morgan fingerprint density at radius 2 is 1.87 bits per heavy atom. The third-order valence-electron chi connectivity index (χ3n) is 6.96. The summed E-state index contributed by atoms with van der Waals surface area (Å²) in [4.78, 5) is 19.8. The van der Waals surface area contributed by atoms with E-state index in [4.69, 9.17) is 4.74 Å². The number of alkyl halides is 3. The van der Waals surface area contributed by atoms with E-state index in [0.717, 1.165) is 48.3 Å². The molecule has 1 atom stereocenters. The van der Waals surface area contributed by atoms with Crippen LogP contribution in [-0.4, -0.2) is 35.0 Å². The highest BCUT2D eigenvalue weighted by Crippen LogP contribution is 2.36. The zero-order valence-electron chi connectivity index (χ0n) is 23.0. The van der Waals surface area contributed by atoms with Gasteiger partial charge in [0.15, 0.2) is 5.69 Å². The van der Waals surface area contributed by atoms with Gasteiger partial charge in [-0.05, 0) is 67.0 Å². The van der Waals surface area contributed by atoms with Crippen molar-refractivity contribution >= 4 is 19.4 Å². The number of hydrogen-bond acceptors (Lipinski definition) is 4. The molecular formula is C30H36F3N3O2Si. The minimum Gasteiger partial charge on any atom is -0.361 e. The average Bonchev–Trinajstić information content (AvgIpc) is 3.31. The fraction of sp³-hybridized carbons (Fsp3) is 0.433. The molecule has 0 fully saturated rings. The van der Waals surface area contributed by atoms with Crippen LogP contribution in [0.2, 0.25) is 25.7 Å². The number of pyridine rings is 1. The van der Waals surface area contributed by atoms with Crippen LogP contribution in [0.3, 0.4) is 0 Å². The highest BCUT2D eigenvalue weighted by molar-refractivity contribution is 6.76. The number of imidazole rings is 1. The molecule has 9 heteroatoms. The SMILES string of the molecule is CC(=O)Cc1ccc(C2CC=C(c3ccc(-c4nc(C(F)(F)F)cn4COCC[Si](C)(C)C)cn3)CC2)cc1. The molecule has 2 heterocycles. The van der Waals surface area contributed by atoms with E-state index in [0.29, 0.717) is 24.5 Å². The van der Waals surface area contributed by atoms with E-state index in [9.17, 15) is 18.0 Å². The van der Waals surface area contributed by atoms with Gasteiger partial charge < -0.3 is 9.30 Å². The minimum atomic E-state index is -4.54. The van der Waals surface area contributed by atoms with E-state index in [1.807, 2.05) is 18.2 Å². The molecule has 0 amide bonds. The molecule has 0 saturated heterocycles. The molecule has 1 aliphatic rings. The van der Waals surface area contributed by atoms with Crippen molar-refractivity contribution in [2.45, 2.75) is 77.1 Å². The van der Waals surface area contributed by atoms with E-state index in [1.165, 1.54) is 10.1 Å². The second-order valence-corrected chi connectivity index (χ2v) is 17.1. The summed E-state index contributed by atoms with van der Waals surface area (Å²) in [5, 5.41) is 0. The minimum absolute atomic E-state index is 0.00686. The van der Waals surface area contributed by atoms with Gasteiger partial charge in [-0.25, -0.2) is 4.98 Å². The Labute approximate surface area is 229 Å². The van der Waals surface area contributed by atoms with Crippen LogP contribution in [-0.2, 0) is 28.9 Å². The van der Waals surface area contributed by atoms with Crippen LogP contribution in [0.5, 0.6) is 0 Å². The Hall–Kier alpha value is -3.04. The van der Waals surface area contributed by atoms with Crippen LogP contribution < -0.4 is 0 Å². The van der Waals surface area contributed by atoms with Crippen LogP contribution in [0.25, 0.3) is 17.0 Å². The Bertz CT molecular complexity index is 1310. The second-order valence-electron chi connectivity index (χ2n) is 11.5. The van der Waals surface area contributed by atoms with Gasteiger partial charge in [0, 0.05) is 39.1 Å². The fourth-order valence-corrected chi connectivity index (χ4v) is 5.46. The van der Waals surface area contributed by atoms with Crippen molar-refractivity contribution in [1.29, 1.82) is 0 Å². The van der Waals surface area contributed by atoms with Crippen LogP contribution in [0.1, 0.15) is 54.6 Å². The Morgan fingerprint density at radius 3 is 2.44 bits per heavy atom. The number of allylic oxidation sites excluding steroid dienone is 2. The molecular weight excluding hydrogens is 519 g/mol. The zero-order chi connectivity index (χ0) is 28.2. The largest absolute Gasteiger partial charge is 0.434 e. The number of ether oxygens (including phenoxy) is 1. The summed E-state index contributed by atoms with van der Waals surface area (Å²) >= 11 is 0. The number of Topliss-reactive ketones (excluding diaryl/α,β-unsaturated/α-hetero) is 1. The number of nitrogens with zero attached hydrogens (tertiary/aromatic N) is 3. The van der Waals surface area contributed by atoms with Crippen LogP contribution >= 0.6 is 0 Å². The number of rotatable bonds is 10. The molecule has 39 heavy (non-hydrogen) atoms. The first-order chi connectivity index (χ1) is 18.4. The number of aromatic nitrogens is 3. The van der Waals surface area contributed by atoms with Crippen molar-refractivity contribution in [1.82, 2.24) is 14.5 Å². The number of carbonyl (C=O) groups excluding carboxylic acids is 1. The lowest BCUT2D eigenvalue weighted by Crippen LogP contribution is -2.22. The van der Waals surface area contributed by atoms with Gasteiger partial charge in [-0.2, -0.15) is 13.2 Å². The standard InChI is InChI=1S/C30H36F3N3O2Si/c1-21(37)17-22-5-7-23(8-6-22)24-9-11-25(12-10-24)27-14-13-26(18-34-27)29-35-28(30(31,32)33)19-36(29)20-38-15-16-39(2,3)4/h5-8,11,13-14,18-19,24H,9-10,12,15-17,20H2,1-4H3. The molecule has 3 aromatic rings. The molecule has 0 spiro atoms. The second kappa shape index (κ2) is 12.0. The van der Waals surface area contributed by atoms with E-state index in [2.05, 4.69) is 47.8 Å². The van der Waals surface area contributed by atoms with Crippen molar-refractivity contribution < 1.29 is 22.7 Å². The Balaban J connectivity index is 1.45. The molecule has 1 aliphatic carbocycles. The van der Waals surface area contributed by atoms with Gasteiger partial charge in [0.1, 0.15) is 18.3 Å². The van der Waals surface area contributed by atoms with Gasteiger partial charge >= 0.3 is 6.18 Å². The summed E-state index contributed by atoms with van der Waals surface area (Å²) in [5.74, 6) is 0.760. The fourth-order valence-electron chi connectivity index (χ4n) is 4.70. The van der Waals surface area contributed by atoms with Crippen molar-refractivity contribution in [2.24, 2.45) is 0 Å². The lowest BCUT2D eigenvalue weighted by Gasteiger charge is -2.22. The first-order valence-electron chi connectivity index (χ1n) is 13.4. The molecule has 0 N–H and O–H groups in total. The molecule has 0 radical (unpaired) electrons. The van der Waals surface area contributed by atoms with E-state index in [1.54, 1.807) is 19.2 Å². The van der Waals surface area contributed by atoms with Gasteiger partial charge in [-0.1, -0.05) is 50.0 Å². The van der Waals surface area contributed by atoms with Crippen molar-refractivity contribution in [3.05, 3.63) is 77.4 Å². The number of benzene rings is 1.